The first-order valence-electron chi connectivity index (χ1n) is 5.05. The van der Waals surface area contributed by atoms with Crippen LogP contribution >= 0.6 is 0 Å². The SMILES string of the molecule is CC1=C(O)c2ccccc2C2(N=O)C[C@H]12. The zero-order chi connectivity index (χ0) is 10.6. The Labute approximate surface area is 87.4 Å². The second kappa shape index (κ2) is 2.48. The number of aliphatic hydroxyl groups excluding tert-OH is 1. The molecule has 1 aromatic rings. The van der Waals surface area contributed by atoms with Gasteiger partial charge >= 0.3 is 0 Å². The lowest BCUT2D eigenvalue weighted by Crippen LogP contribution is -2.15. The molecule has 0 saturated heterocycles. The molecule has 3 rings (SSSR count). The minimum atomic E-state index is -0.576. The summed E-state index contributed by atoms with van der Waals surface area (Å²) in [7, 11) is 0. The summed E-state index contributed by atoms with van der Waals surface area (Å²) < 4.78 is 0. The molecule has 2 aliphatic rings. The Balaban J connectivity index is 2.32. The van der Waals surface area contributed by atoms with Crippen LogP contribution in [0.1, 0.15) is 24.5 Å². The smallest absolute Gasteiger partial charge is 0.136 e. The van der Waals surface area contributed by atoms with Crippen LogP contribution in [-0.2, 0) is 5.54 Å². The van der Waals surface area contributed by atoms with Crippen molar-refractivity contribution in [2.75, 3.05) is 0 Å². The van der Waals surface area contributed by atoms with Gasteiger partial charge in [0.05, 0.1) is 0 Å². The van der Waals surface area contributed by atoms with E-state index in [1.807, 2.05) is 31.2 Å². The van der Waals surface area contributed by atoms with Crippen LogP contribution in [0.15, 0.2) is 35.0 Å². The topological polar surface area (TPSA) is 49.7 Å². The lowest BCUT2D eigenvalue weighted by atomic mass is 9.88. The highest BCUT2D eigenvalue weighted by molar-refractivity contribution is 5.72. The standard InChI is InChI=1S/C12H11NO2/c1-7-10-6-12(10,13-15)9-5-3-2-4-8(9)11(7)14/h2-5,10,14H,6H2,1H3/t10-,12?/m1/s1. The number of benzene rings is 1. The molecule has 15 heavy (non-hydrogen) atoms. The van der Waals surface area contributed by atoms with Gasteiger partial charge in [0, 0.05) is 11.5 Å². The Morgan fingerprint density at radius 3 is 2.93 bits per heavy atom. The first kappa shape index (κ1) is 8.65. The van der Waals surface area contributed by atoms with E-state index >= 15 is 0 Å². The number of aliphatic hydroxyl groups is 1. The van der Waals surface area contributed by atoms with Gasteiger partial charge in [0.2, 0.25) is 0 Å². The first-order valence-corrected chi connectivity index (χ1v) is 5.05. The van der Waals surface area contributed by atoms with Crippen LogP contribution in [-0.4, -0.2) is 5.11 Å². The van der Waals surface area contributed by atoms with Crippen molar-refractivity contribution in [3.63, 3.8) is 0 Å². The van der Waals surface area contributed by atoms with E-state index in [4.69, 9.17) is 0 Å². The van der Waals surface area contributed by atoms with Gasteiger partial charge in [0.25, 0.3) is 0 Å². The Morgan fingerprint density at radius 2 is 2.20 bits per heavy atom. The largest absolute Gasteiger partial charge is 0.507 e. The number of rotatable bonds is 1. The molecule has 0 bridgehead atoms. The van der Waals surface area contributed by atoms with E-state index in [0.717, 1.165) is 23.1 Å². The lowest BCUT2D eigenvalue weighted by Gasteiger charge is -2.20. The van der Waals surface area contributed by atoms with Crippen molar-refractivity contribution in [1.29, 1.82) is 0 Å². The van der Waals surface area contributed by atoms with Crippen LogP contribution in [0.4, 0.5) is 0 Å². The maximum absolute atomic E-state index is 11.0. The Morgan fingerprint density at radius 1 is 1.47 bits per heavy atom. The second-order valence-electron chi connectivity index (χ2n) is 4.35. The number of nitroso groups, excluding NO2 is 1. The van der Waals surface area contributed by atoms with Gasteiger partial charge in [0.15, 0.2) is 0 Å². The molecular weight excluding hydrogens is 190 g/mol. The van der Waals surface area contributed by atoms with E-state index in [0.29, 0.717) is 5.76 Å². The summed E-state index contributed by atoms with van der Waals surface area (Å²) >= 11 is 0. The van der Waals surface area contributed by atoms with Gasteiger partial charge < -0.3 is 5.11 Å². The fourth-order valence-corrected chi connectivity index (χ4v) is 2.66. The third-order valence-corrected chi connectivity index (χ3v) is 3.64. The van der Waals surface area contributed by atoms with E-state index in [-0.39, 0.29) is 5.92 Å². The summed E-state index contributed by atoms with van der Waals surface area (Å²) in [5.41, 5.74) is 1.97. The molecule has 2 atom stereocenters. The Bertz CT molecular complexity index is 492. The molecule has 1 saturated carbocycles. The highest BCUT2D eigenvalue weighted by atomic mass is 16.3. The molecule has 2 aliphatic carbocycles. The number of fused-ring (bicyclic) bond motifs is 3. The molecule has 3 nitrogen and oxygen atoms in total. The molecule has 0 radical (unpaired) electrons. The van der Waals surface area contributed by atoms with Crippen molar-refractivity contribution in [1.82, 2.24) is 0 Å². The molecule has 0 heterocycles. The van der Waals surface area contributed by atoms with Crippen LogP contribution in [0.5, 0.6) is 0 Å². The zero-order valence-corrected chi connectivity index (χ0v) is 8.40. The summed E-state index contributed by atoms with van der Waals surface area (Å²) in [4.78, 5) is 11.0. The molecule has 0 aromatic heterocycles. The van der Waals surface area contributed by atoms with Gasteiger partial charge in [-0.3, -0.25) is 0 Å². The molecule has 0 spiro atoms. The van der Waals surface area contributed by atoms with Crippen molar-refractivity contribution in [3.8, 4) is 0 Å². The predicted octanol–water partition coefficient (Wildman–Crippen LogP) is 2.97. The monoisotopic (exact) mass is 201 g/mol. The van der Waals surface area contributed by atoms with E-state index in [2.05, 4.69) is 5.18 Å². The van der Waals surface area contributed by atoms with E-state index < -0.39 is 5.54 Å². The summed E-state index contributed by atoms with van der Waals surface area (Å²) in [6.07, 6.45) is 0.739. The molecule has 0 amide bonds. The minimum Gasteiger partial charge on any atom is -0.507 e. The van der Waals surface area contributed by atoms with Crippen molar-refractivity contribution in [2.24, 2.45) is 11.1 Å². The summed E-state index contributed by atoms with van der Waals surface area (Å²) in [6, 6.07) is 7.48. The Kier molecular flexibility index (Phi) is 1.43. The van der Waals surface area contributed by atoms with Gasteiger partial charge in [-0.15, -0.1) is 4.91 Å². The average Bonchev–Trinajstić information content (AvgIpc) is 3.02. The van der Waals surface area contributed by atoms with Crippen molar-refractivity contribution in [3.05, 3.63) is 45.9 Å². The number of nitrogens with zero attached hydrogens (tertiary/aromatic N) is 1. The highest BCUT2D eigenvalue weighted by Gasteiger charge is 2.62. The van der Waals surface area contributed by atoms with Gasteiger partial charge in [-0.1, -0.05) is 29.4 Å². The van der Waals surface area contributed by atoms with Crippen LogP contribution in [0.25, 0.3) is 5.76 Å². The van der Waals surface area contributed by atoms with Gasteiger partial charge in [-0.25, -0.2) is 0 Å². The molecular formula is C12H11NO2. The van der Waals surface area contributed by atoms with Crippen LogP contribution in [0.2, 0.25) is 0 Å². The highest BCUT2D eigenvalue weighted by Crippen LogP contribution is 2.63. The molecule has 0 aliphatic heterocycles. The third-order valence-electron chi connectivity index (χ3n) is 3.64. The third kappa shape index (κ3) is 0.856. The van der Waals surface area contributed by atoms with Gasteiger partial charge in [-0.2, -0.15) is 0 Å². The van der Waals surface area contributed by atoms with Crippen LogP contribution < -0.4 is 0 Å². The summed E-state index contributed by atoms with van der Waals surface area (Å²) in [6.45, 7) is 1.88. The van der Waals surface area contributed by atoms with E-state index in [9.17, 15) is 10.0 Å². The molecule has 1 fully saturated rings. The van der Waals surface area contributed by atoms with Crippen molar-refractivity contribution >= 4 is 5.76 Å². The second-order valence-corrected chi connectivity index (χ2v) is 4.35. The number of hydrogen-bond acceptors (Lipinski definition) is 3. The summed E-state index contributed by atoms with van der Waals surface area (Å²) in [5.74, 6) is 0.442. The lowest BCUT2D eigenvalue weighted by molar-refractivity contribution is 0.489. The summed E-state index contributed by atoms with van der Waals surface area (Å²) in [5, 5.41) is 13.3. The fraction of sp³-hybridized carbons (Fsp3) is 0.333. The maximum atomic E-state index is 11.0. The zero-order valence-electron chi connectivity index (χ0n) is 8.40. The van der Waals surface area contributed by atoms with Crippen LogP contribution in [0.3, 0.4) is 0 Å². The van der Waals surface area contributed by atoms with Crippen LogP contribution in [0, 0.1) is 10.8 Å². The van der Waals surface area contributed by atoms with E-state index in [1.54, 1.807) is 0 Å². The first-order chi connectivity index (χ1) is 7.20. The number of hydrogen-bond donors (Lipinski definition) is 1. The Hall–Kier alpha value is -1.64. The maximum Gasteiger partial charge on any atom is 0.136 e. The minimum absolute atomic E-state index is 0.116. The molecule has 1 aromatic carbocycles. The normalized spacial score (nSPS) is 31.9. The van der Waals surface area contributed by atoms with Gasteiger partial charge in [0.1, 0.15) is 11.3 Å². The predicted molar refractivity (Wildman–Crippen MR) is 57.2 cm³/mol. The molecule has 3 heteroatoms. The van der Waals surface area contributed by atoms with E-state index in [1.165, 1.54) is 0 Å². The fourth-order valence-electron chi connectivity index (χ4n) is 2.66. The molecule has 76 valence electrons. The van der Waals surface area contributed by atoms with Crippen molar-refractivity contribution < 1.29 is 5.11 Å². The molecule has 1 N–H and O–H groups in total. The average molecular weight is 201 g/mol. The quantitative estimate of drug-likeness (QED) is 0.710. The van der Waals surface area contributed by atoms with Crippen molar-refractivity contribution in [2.45, 2.75) is 18.9 Å². The van der Waals surface area contributed by atoms with Gasteiger partial charge in [-0.05, 0) is 24.5 Å². The molecule has 1 unspecified atom stereocenters.